The molecule has 35 heavy (non-hydrogen) atoms. The molecule has 1 amide bonds. The number of sulfone groups is 1. The topological polar surface area (TPSA) is 66.8 Å². The van der Waals surface area contributed by atoms with Crippen LogP contribution in [0.2, 0.25) is 0 Å². The van der Waals surface area contributed by atoms with Crippen LogP contribution in [0.5, 0.6) is 0 Å². The van der Waals surface area contributed by atoms with Gasteiger partial charge in [-0.3, -0.25) is 4.79 Å². The van der Waals surface area contributed by atoms with Gasteiger partial charge >= 0.3 is 12.4 Å². The molecule has 188 valence electrons. The minimum absolute atomic E-state index is 0.00467. The van der Waals surface area contributed by atoms with E-state index < -0.39 is 62.0 Å². The van der Waals surface area contributed by atoms with Crippen LogP contribution in [-0.2, 0) is 33.4 Å². The summed E-state index contributed by atoms with van der Waals surface area (Å²) in [6, 6.07) is 7.07. The molecule has 0 spiro atoms. The number of aliphatic imine (C=N–C) groups is 1. The minimum atomic E-state index is -5.08. The van der Waals surface area contributed by atoms with E-state index in [0.29, 0.717) is 17.7 Å². The third-order valence-electron chi connectivity index (χ3n) is 5.58. The Morgan fingerprint density at radius 2 is 1.66 bits per heavy atom. The van der Waals surface area contributed by atoms with E-state index in [2.05, 4.69) is 4.99 Å². The number of anilines is 1. The average molecular weight is 537 g/mol. The third kappa shape index (κ3) is 5.66. The Balaban J connectivity index is 1.78. The lowest BCUT2D eigenvalue weighted by Gasteiger charge is -2.26. The molecule has 2 heterocycles. The smallest absolute Gasteiger partial charge is 0.316 e. The highest BCUT2D eigenvalue weighted by Gasteiger charge is 2.50. The largest absolute Gasteiger partial charge is 0.416 e. The Labute approximate surface area is 201 Å². The summed E-state index contributed by atoms with van der Waals surface area (Å²) >= 11 is 0.869. The van der Waals surface area contributed by atoms with Gasteiger partial charge in [-0.1, -0.05) is 41.6 Å². The molecule has 0 bridgehead atoms. The number of fused-ring (bicyclic) bond motifs is 1. The number of benzene rings is 2. The van der Waals surface area contributed by atoms with Crippen molar-refractivity contribution >= 4 is 38.4 Å². The first kappa shape index (κ1) is 25.5. The molecule has 0 radical (unpaired) electrons. The number of halogens is 6. The second-order valence-corrected chi connectivity index (χ2v) is 11.7. The third-order valence-corrected chi connectivity index (χ3v) is 8.79. The van der Waals surface area contributed by atoms with Gasteiger partial charge in [-0.05, 0) is 30.7 Å². The van der Waals surface area contributed by atoms with Crippen LogP contribution in [0.3, 0.4) is 0 Å². The Bertz CT molecular complexity index is 1270. The van der Waals surface area contributed by atoms with Crippen LogP contribution >= 0.6 is 11.8 Å². The molecule has 2 aromatic carbocycles. The van der Waals surface area contributed by atoms with Gasteiger partial charge in [0.15, 0.2) is 15.0 Å². The van der Waals surface area contributed by atoms with Crippen LogP contribution in [0.4, 0.5) is 32.0 Å². The van der Waals surface area contributed by atoms with E-state index in [1.807, 2.05) is 13.0 Å². The zero-order valence-electron chi connectivity index (χ0n) is 18.0. The number of rotatable bonds is 3. The first-order valence-corrected chi connectivity index (χ1v) is 13.0. The van der Waals surface area contributed by atoms with E-state index in [1.165, 1.54) is 0 Å². The number of hydrogen-bond donors (Lipinski definition) is 0. The molecule has 2 saturated heterocycles. The van der Waals surface area contributed by atoms with Gasteiger partial charge in [0.25, 0.3) is 5.91 Å². The predicted molar refractivity (Wildman–Crippen MR) is 120 cm³/mol. The van der Waals surface area contributed by atoms with Crippen molar-refractivity contribution in [1.29, 1.82) is 0 Å². The fourth-order valence-electron chi connectivity index (χ4n) is 4.09. The average Bonchev–Trinajstić information content (AvgIpc) is 3.16. The van der Waals surface area contributed by atoms with Crippen LogP contribution in [-0.4, -0.2) is 42.3 Å². The first-order valence-electron chi connectivity index (χ1n) is 10.3. The summed E-state index contributed by atoms with van der Waals surface area (Å²) in [4.78, 5) is 17.7. The lowest BCUT2D eigenvalue weighted by molar-refractivity contribution is -0.143. The van der Waals surface area contributed by atoms with E-state index in [1.54, 1.807) is 18.2 Å². The minimum Gasteiger partial charge on any atom is -0.316 e. The summed E-state index contributed by atoms with van der Waals surface area (Å²) in [5, 5.41) is -0.811. The van der Waals surface area contributed by atoms with E-state index in [4.69, 9.17) is 0 Å². The number of carbonyl (C=O) groups excluding carboxylic acids is 1. The maximum absolute atomic E-state index is 13.4. The second kappa shape index (κ2) is 8.84. The summed E-state index contributed by atoms with van der Waals surface area (Å²) in [7, 11) is -3.58. The molecule has 2 aliphatic heterocycles. The van der Waals surface area contributed by atoms with Gasteiger partial charge in [0.1, 0.15) is 0 Å². The number of amidine groups is 1. The lowest BCUT2D eigenvalue weighted by atomic mass is 10.1. The molecule has 0 N–H and O–H groups in total. The van der Waals surface area contributed by atoms with Crippen molar-refractivity contribution < 1.29 is 39.6 Å². The number of thioether (sulfide) groups is 1. The summed E-state index contributed by atoms with van der Waals surface area (Å²) in [5.41, 5.74) is -2.08. The number of aryl methyl sites for hydroxylation is 1. The summed E-state index contributed by atoms with van der Waals surface area (Å²) in [5.74, 6) is -1.46. The van der Waals surface area contributed by atoms with Crippen LogP contribution in [0.25, 0.3) is 0 Å². The highest BCUT2D eigenvalue weighted by atomic mass is 32.2. The Morgan fingerprint density at radius 3 is 2.23 bits per heavy atom. The normalized spacial score (nSPS) is 23.1. The van der Waals surface area contributed by atoms with Crippen molar-refractivity contribution in [2.45, 2.75) is 37.0 Å². The molecule has 2 aromatic rings. The Morgan fingerprint density at radius 1 is 1.03 bits per heavy atom. The number of alkyl halides is 6. The lowest BCUT2D eigenvalue weighted by Crippen LogP contribution is -2.38. The molecular formula is C22H18F6N2O3S2. The second-order valence-electron chi connectivity index (χ2n) is 8.39. The molecular weight excluding hydrogens is 518 g/mol. The predicted octanol–water partition coefficient (Wildman–Crippen LogP) is 4.88. The van der Waals surface area contributed by atoms with Gasteiger partial charge in [0, 0.05) is 10.9 Å². The zero-order valence-corrected chi connectivity index (χ0v) is 19.7. The van der Waals surface area contributed by atoms with E-state index in [9.17, 15) is 39.6 Å². The fraction of sp³-hybridized carbons (Fsp3) is 0.364. The highest BCUT2D eigenvalue weighted by Crippen LogP contribution is 2.44. The SMILES string of the molecule is Cc1cccc(CC(=O)N=C2S[C@H]3CS(=O)(=O)C[C@@H]3N2c2cc(C(F)(F)F)cc(C(F)(F)F)c2)c1. The number of amides is 1. The van der Waals surface area contributed by atoms with Crippen molar-refractivity contribution in [3.63, 3.8) is 0 Å². The van der Waals surface area contributed by atoms with Crippen LogP contribution in [0.15, 0.2) is 47.5 Å². The van der Waals surface area contributed by atoms with Crippen molar-refractivity contribution in [2.24, 2.45) is 4.99 Å². The molecule has 5 nitrogen and oxygen atoms in total. The van der Waals surface area contributed by atoms with Gasteiger partial charge in [-0.2, -0.15) is 31.3 Å². The van der Waals surface area contributed by atoms with Gasteiger partial charge in [-0.15, -0.1) is 0 Å². The van der Waals surface area contributed by atoms with Crippen molar-refractivity contribution in [2.75, 3.05) is 16.4 Å². The first-order chi connectivity index (χ1) is 16.1. The maximum Gasteiger partial charge on any atom is 0.416 e. The molecule has 4 rings (SSSR count). The van der Waals surface area contributed by atoms with Crippen LogP contribution in [0, 0.1) is 6.92 Å². The van der Waals surface area contributed by atoms with Crippen LogP contribution in [0.1, 0.15) is 22.3 Å². The Hall–Kier alpha value is -2.54. The molecule has 2 fully saturated rings. The summed E-state index contributed by atoms with van der Waals surface area (Å²) in [6.45, 7) is 1.82. The monoisotopic (exact) mass is 536 g/mol. The van der Waals surface area contributed by atoms with E-state index >= 15 is 0 Å². The van der Waals surface area contributed by atoms with Gasteiger partial charge in [0.05, 0.1) is 35.1 Å². The van der Waals surface area contributed by atoms with E-state index in [-0.39, 0.29) is 23.4 Å². The zero-order chi connectivity index (χ0) is 25.8. The van der Waals surface area contributed by atoms with Crippen molar-refractivity contribution in [3.05, 3.63) is 64.7 Å². The highest BCUT2D eigenvalue weighted by molar-refractivity contribution is 8.16. The molecule has 0 saturated carbocycles. The quantitative estimate of drug-likeness (QED) is 0.524. The van der Waals surface area contributed by atoms with Crippen molar-refractivity contribution in [3.8, 4) is 0 Å². The maximum atomic E-state index is 13.4. The van der Waals surface area contributed by atoms with Gasteiger partial charge < -0.3 is 4.90 Å². The molecule has 2 aliphatic rings. The van der Waals surface area contributed by atoms with Gasteiger partial charge in [-0.25, -0.2) is 8.42 Å². The molecule has 0 unspecified atom stereocenters. The standard InChI is InChI=1S/C22H18F6N2O3S2/c1-12-3-2-4-13(5-12)6-19(31)29-20-30(17-10-35(32,33)11-18(17)34-20)16-8-14(21(23,24)25)7-15(9-16)22(26,27)28/h2-5,7-9,17-18H,6,10-11H2,1H3/t17-,18-/m0/s1. The van der Waals surface area contributed by atoms with Gasteiger partial charge in [0.2, 0.25) is 0 Å². The fourth-order valence-corrected chi connectivity index (χ4v) is 8.02. The van der Waals surface area contributed by atoms with E-state index in [0.717, 1.165) is 22.2 Å². The Kier molecular flexibility index (Phi) is 6.45. The number of carbonyl (C=O) groups is 1. The number of nitrogens with zero attached hydrogens (tertiary/aromatic N) is 2. The summed E-state index contributed by atoms with van der Waals surface area (Å²) in [6.07, 6.45) is -10.3. The molecule has 0 aliphatic carbocycles. The molecule has 0 aromatic heterocycles. The van der Waals surface area contributed by atoms with Crippen molar-refractivity contribution in [1.82, 2.24) is 0 Å². The molecule has 2 atom stereocenters. The molecule has 13 heteroatoms. The summed E-state index contributed by atoms with van der Waals surface area (Å²) < 4.78 is 105. The number of hydrogen-bond acceptors (Lipinski definition) is 4. The van der Waals surface area contributed by atoms with Crippen LogP contribution < -0.4 is 4.90 Å².